The third kappa shape index (κ3) is 1.55. The van der Waals surface area contributed by atoms with E-state index in [1.54, 1.807) is 0 Å². The molecule has 1 aliphatic carbocycles. The van der Waals surface area contributed by atoms with Gasteiger partial charge in [0, 0.05) is 25.0 Å². The summed E-state index contributed by atoms with van der Waals surface area (Å²) in [5.74, 6) is 0.970. The molecule has 1 aromatic heterocycles. The Bertz CT molecular complexity index is 304. The van der Waals surface area contributed by atoms with E-state index in [9.17, 15) is 0 Å². The molecule has 0 amide bonds. The molecule has 1 unspecified atom stereocenters. The molecule has 1 fully saturated rings. The van der Waals surface area contributed by atoms with E-state index in [1.165, 1.54) is 36.8 Å². The zero-order valence-electron chi connectivity index (χ0n) is 8.37. The molecule has 1 aliphatic heterocycles. The van der Waals surface area contributed by atoms with Crippen LogP contribution >= 0.6 is 0 Å². The minimum Gasteiger partial charge on any atom is -0.310 e. The van der Waals surface area contributed by atoms with Gasteiger partial charge in [-0.2, -0.15) is 0 Å². The number of pyridine rings is 1. The summed E-state index contributed by atoms with van der Waals surface area (Å²) >= 11 is 0. The van der Waals surface area contributed by atoms with Gasteiger partial charge in [-0.1, -0.05) is 0 Å². The van der Waals surface area contributed by atoms with Crippen LogP contribution < -0.4 is 5.32 Å². The summed E-state index contributed by atoms with van der Waals surface area (Å²) in [6.07, 6.45) is 9.33. The minimum absolute atomic E-state index is 0.766. The quantitative estimate of drug-likeness (QED) is 0.728. The highest BCUT2D eigenvalue weighted by atomic mass is 14.9. The van der Waals surface area contributed by atoms with Gasteiger partial charge in [-0.25, -0.2) is 0 Å². The van der Waals surface area contributed by atoms with E-state index in [2.05, 4.69) is 16.4 Å². The molecule has 2 aliphatic rings. The lowest BCUT2D eigenvalue weighted by Crippen LogP contribution is -2.29. The van der Waals surface area contributed by atoms with Crippen molar-refractivity contribution in [3.05, 3.63) is 29.6 Å². The topological polar surface area (TPSA) is 24.9 Å². The van der Waals surface area contributed by atoms with Crippen molar-refractivity contribution in [2.75, 3.05) is 0 Å². The van der Waals surface area contributed by atoms with Crippen LogP contribution in [0.5, 0.6) is 0 Å². The summed E-state index contributed by atoms with van der Waals surface area (Å²) in [5.41, 5.74) is 2.89. The Morgan fingerprint density at radius 3 is 3.00 bits per heavy atom. The van der Waals surface area contributed by atoms with E-state index >= 15 is 0 Å². The molecular weight excluding hydrogens is 172 g/mol. The van der Waals surface area contributed by atoms with Crippen LogP contribution in [0, 0.1) is 5.92 Å². The Morgan fingerprint density at radius 2 is 2.14 bits per heavy atom. The molecule has 2 heterocycles. The van der Waals surface area contributed by atoms with E-state index < -0.39 is 0 Å². The highest BCUT2D eigenvalue weighted by molar-refractivity contribution is 5.24. The van der Waals surface area contributed by atoms with Gasteiger partial charge in [0.05, 0.1) is 0 Å². The van der Waals surface area contributed by atoms with E-state index in [0.717, 1.165) is 18.5 Å². The second kappa shape index (κ2) is 3.35. The van der Waals surface area contributed by atoms with E-state index in [-0.39, 0.29) is 0 Å². The van der Waals surface area contributed by atoms with Gasteiger partial charge in [-0.05, 0) is 48.8 Å². The van der Waals surface area contributed by atoms with Crippen LogP contribution in [0.15, 0.2) is 18.5 Å². The number of hydrogen-bond donors (Lipinski definition) is 1. The highest BCUT2D eigenvalue weighted by Gasteiger charge is 2.31. The van der Waals surface area contributed by atoms with Gasteiger partial charge < -0.3 is 5.32 Å². The second-order valence-corrected chi connectivity index (χ2v) is 4.51. The van der Waals surface area contributed by atoms with Crippen molar-refractivity contribution < 1.29 is 0 Å². The Hall–Kier alpha value is -0.890. The van der Waals surface area contributed by atoms with Crippen LogP contribution in [-0.4, -0.2) is 11.0 Å². The molecule has 2 nitrogen and oxygen atoms in total. The monoisotopic (exact) mass is 188 g/mol. The van der Waals surface area contributed by atoms with Crippen molar-refractivity contribution in [2.45, 2.75) is 38.3 Å². The SMILES string of the molecule is c1cc2c(cn1)CNC(C1CC1)CC2. The normalized spacial score (nSPS) is 26.7. The fraction of sp³-hybridized carbons (Fsp3) is 0.583. The smallest absolute Gasteiger partial charge is 0.0315 e. The Labute approximate surface area is 84.7 Å². The molecule has 1 aromatic rings. The van der Waals surface area contributed by atoms with E-state index in [1.807, 2.05) is 12.4 Å². The standard InChI is InChI=1S/C12H16N2/c1-2-10(1)12-4-3-9-5-6-13-7-11(9)8-14-12/h5-7,10,12,14H,1-4,8H2. The summed E-state index contributed by atoms with van der Waals surface area (Å²) in [6, 6.07) is 2.94. The van der Waals surface area contributed by atoms with Crippen LogP contribution in [0.4, 0.5) is 0 Å². The molecule has 74 valence electrons. The number of rotatable bonds is 1. The van der Waals surface area contributed by atoms with Gasteiger partial charge >= 0.3 is 0 Å². The maximum absolute atomic E-state index is 4.19. The molecule has 0 aromatic carbocycles. The Kier molecular flexibility index (Phi) is 2.02. The molecule has 3 rings (SSSR count). The predicted molar refractivity (Wildman–Crippen MR) is 55.9 cm³/mol. The molecule has 0 bridgehead atoms. The molecule has 0 saturated heterocycles. The van der Waals surface area contributed by atoms with E-state index in [0.29, 0.717) is 0 Å². The fourth-order valence-corrected chi connectivity index (χ4v) is 2.41. The lowest BCUT2D eigenvalue weighted by molar-refractivity contribution is 0.447. The average molecular weight is 188 g/mol. The number of hydrogen-bond acceptors (Lipinski definition) is 2. The number of nitrogens with zero attached hydrogens (tertiary/aromatic N) is 1. The van der Waals surface area contributed by atoms with Crippen molar-refractivity contribution >= 4 is 0 Å². The third-order valence-electron chi connectivity index (χ3n) is 3.48. The summed E-state index contributed by atoms with van der Waals surface area (Å²) < 4.78 is 0. The average Bonchev–Trinajstić information content (AvgIpc) is 3.03. The molecule has 1 N–H and O–H groups in total. The molecular formula is C12H16N2. The van der Waals surface area contributed by atoms with Gasteiger partial charge in [0.25, 0.3) is 0 Å². The molecule has 1 atom stereocenters. The first kappa shape index (κ1) is 8.42. The molecule has 1 saturated carbocycles. The van der Waals surface area contributed by atoms with Gasteiger partial charge in [0.1, 0.15) is 0 Å². The maximum atomic E-state index is 4.19. The Balaban J connectivity index is 1.79. The maximum Gasteiger partial charge on any atom is 0.0315 e. The van der Waals surface area contributed by atoms with Crippen LogP contribution in [0.3, 0.4) is 0 Å². The summed E-state index contributed by atoms with van der Waals surface area (Å²) in [4.78, 5) is 4.19. The molecule has 0 radical (unpaired) electrons. The summed E-state index contributed by atoms with van der Waals surface area (Å²) in [5, 5.41) is 3.66. The van der Waals surface area contributed by atoms with Crippen molar-refractivity contribution in [1.29, 1.82) is 0 Å². The van der Waals surface area contributed by atoms with Crippen molar-refractivity contribution in [3.8, 4) is 0 Å². The second-order valence-electron chi connectivity index (χ2n) is 4.51. The zero-order chi connectivity index (χ0) is 9.38. The number of fused-ring (bicyclic) bond motifs is 1. The van der Waals surface area contributed by atoms with E-state index in [4.69, 9.17) is 0 Å². The van der Waals surface area contributed by atoms with Gasteiger partial charge in [-0.3, -0.25) is 4.98 Å². The fourth-order valence-electron chi connectivity index (χ4n) is 2.41. The van der Waals surface area contributed by atoms with Gasteiger partial charge in [0.15, 0.2) is 0 Å². The lowest BCUT2D eigenvalue weighted by atomic mass is 10.0. The predicted octanol–water partition coefficient (Wildman–Crippen LogP) is 1.90. The molecule has 0 spiro atoms. The summed E-state index contributed by atoms with van der Waals surface area (Å²) in [7, 11) is 0. The van der Waals surface area contributed by atoms with Gasteiger partial charge in [-0.15, -0.1) is 0 Å². The first-order chi connectivity index (χ1) is 6.93. The lowest BCUT2D eigenvalue weighted by Gasteiger charge is -2.13. The van der Waals surface area contributed by atoms with Crippen molar-refractivity contribution in [1.82, 2.24) is 10.3 Å². The number of aryl methyl sites for hydroxylation is 1. The van der Waals surface area contributed by atoms with Crippen molar-refractivity contribution in [3.63, 3.8) is 0 Å². The van der Waals surface area contributed by atoms with Crippen LogP contribution in [0.2, 0.25) is 0 Å². The molecule has 2 heteroatoms. The first-order valence-electron chi connectivity index (χ1n) is 5.58. The number of aromatic nitrogens is 1. The van der Waals surface area contributed by atoms with Crippen molar-refractivity contribution in [2.24, 2.45) is 5.92 Å². The first-order valence-corrected chi connectivity index (χ1v) is 5.58. The van der Waals surface area contributed by atoms with Crippen LogP contribution in [0.25, 0.3) is 0 Å². The highest BCUT2D eigenvalue weighted by Crippen LogP contribution is 2.35. The number of nitrogens with one attached hydrogen (secondary N) is 1. The zero-order valence-corrected chi connectivity index (χ0v) is 8.37. The van der Waals surface area contributed by atoms with Gasteiger partial charge in [0.2, 0.25) is 0 Å². The summed E-state index contributed by atoms with van der Waals surface area (Å²) in [6.45, 7) is 1.02. The van der Waals surface area contributed by atoms with Crippen LogP contribution in [0.1, 0.15) is 30.4 Å². The van der Waals surface area contributed by atoms with Crippen LogP contribution in [-0.2, 0) is 13.0 Å². The third-order valence-corrected chi connectivity index (χ3v) is 3.48. The Morgan fingerprint density at radius 1 is 1.21 bits per heavy atom. The molecule has 14 heavy (non-hydrogen) atoms. The minimum atomic E-state index is 0.766. The largest absolute Gasteiger partial charge is 0.310 e.